The molecule has 0 aliphatic carbocycles. The van der Waals surface area contributed by atoms with Crippen molar-refractivity contribution in [3.8, 4) is 11.5 Å². The summed E-state index contributed by atoms with van der Waals surface area (Å²) in [6.07, 6.45) is 0. The number of hydrogen-bond acceptors (Lipinski definition) is 5. The van der Waals surface area contributed by atoms with Crippen LogP contribution >= 0.6 is 0 Å². The summed E-state index contributed by atoms with van der Waals surface area (Å²) >= 11 is 0. The molecule has 7 heteroatoms. The zero-order valence-electron chi connectivity index (χ0n) is 11.2. The lowest BCUT2D eigenvalue weighted by atomic mass is 10.3. The van der Waals surface area contributed by atoms with Gasteiger partial charge in [0.15, 0.2) is 0 Å². The highest BCUT2D eigenvalue weighted by atomic mass is 32.2. The maximum atomic E-state index is 11.5. The first-order valence-corrected chi connectivity index (χ1v) is 7.74. The van der Waals surface area contributed by atoms with E-state index < -0.39 is 10.0 Å². The number of nitrogens with two attached hydrogens (primary N) is 2. The smallest absolute Gasteiger partial charge is 0.241 e. The topological polar surface area (TPSA) is 105 Å². The Balaban J connectivity index is 1.98. The lowest BCUT2D eigenvalue weighted by Crippen LogP contribution is -2.16. The van der Waals surface area contributed by atoms with Crippen molar-refractivity contribution in [3.63, 3.8) is 0 Å². The summed E-state index contributed by atoms with van der Waals surface area (Å²) in [4.78, 5) is -0.137. The van der Waals surface area contributed by atoms with Gasteiger partial charge >= 0.3 is 0 Å². The molecule has 0 heterocycles. The van der Waals surface area contributed by atoms with E-state index in [4.69, 9.17) is 20.3 Å². The number of rotatable bonds is 6. The number of ether oxygens (including phenoxy) is 2. The third-order valence-corrected chi connectivity index (χ3v) is 3.56. The summed E-state index contributed by atoms with van der Waals surface area (Å²) in [5.41, 5.74) is 5.85. The molecule has 6 nitrogen and oxygen atoms in total. The van der Waals surface area contributed by atoms with Gasteiger partial charge in [-0.3, -0.25) is 0 Å². The SMILES string of the molecule is Nc1ccc(OCCOc2ccccc2)c(S(N)(=O)=O)c1. The number of benzene rings is 2. The summed E-state index contributed by atoms with van der Waals surface area (Å²) in [6, 6.07) is 13.5. The van der Waals surface area contributed by atoms with Crippen LogP contribution in [0.25, 0.3) is 0 Å². The molecule has 0 bridgehead atoms. The Hall–Kier alpha value is -2.25. The van der Waals surface area contributed by atoms with E-state index in [1.165, 1.54) is 12.1 Å². The Morgan fingerprint density at radius 3 is 2.29 bits per heavy atom. The molecular formula is C14H16N2O4S. The van der Waals surface area contributed by atoms with Crippen molar-refractivity contribution in [2.75, 3.05) is 18.9 Å². The minimum absolute atomic E-state index is 0.137. The average Bonchev–Trinajstić information content (AvgIpc) is 2.45. The fraction of sp³-hybridized carbons (Fsp3) is 0.143. The van der Waals surface area contributed by atoms with Crippen molar-refractivity contribution < 1.29 is 17.9 Å². The van der Waals surface area contributed by atoms with Gasteiger partial charge < -0.3 is 15.2 Å². The molecule has 0 amide bonds. The molecule has 0 aliphatic rings. The number of nitrogen functional groups attached to an aromatic ring is 1. The van der Waals surface area contributed by atoms with Crippen LogP contribution in [-0.4, -0.2) is 21.6 Å². The third-order valence-electron chi connectivity index (χ3n) is 2.63. The van der Waals surface area contributed by atoms with E-state index in [2.05, 4.69) is 0 Å². The highest BCUT2D eigenvalue weighted by Crippen LogP contribution is 2.25. The summed E-state index contributed by atoms with van der Waals surface area (Å²) in [5, 5.41) is 5.13. The normalized spacial score (nSPS) is 11.1. The molecule has 2 aromatic rings. The molecule has 21 heavy (non-hydrogen) atoms. The van der Waals surface area contributed by atoms with Crippen LogP contribution in [0.3, 0.4) is 0 Å². The minimum atomic E-state index is -3.89. The molecule has 0 aromatic heterocycles. The van der Waals surface area contributed by atoms with Crippen LogP contribution in [0.5, 0.6) is 11.5 Å². The van der Waals surface area contributed by atoms with E-state index in [0.29, 0.717) is 11.4 Å². The summed E-state index contributed by atoms with van der Waals surface area (Å²) in [6.45, 7) is 0.458. The number of para-hydroxylation sites is 1. The molecule has 0 unspecified atom stereocenters. The maximum absolute atomic E-state index is 11.5. The first-order chi connectivity index (χ1) is 9.97. The molecular weight excluding hydrogens is 292 g/mol. The van der Waals surface area contributed by atoms with Crippen molar-refractivity contribution >= 4 is 15.7 Å². The second-order valence-corrected chi connectivity index (χ2v) is 5.79. The molecule has 4 N–H and O–H groups in total. The Kier molecular flexibility index (Phi) is 4.66. The molecule has 2 rings (SSSR count). The number of primary sulfonamides is 1. The fourth-order valence-corrected chi connectivity index (χ4v) is 2.40. The number of hydrogen-bond donors (Lipinski definition) is 2. The van der Waals surface area contributed by atoms with Crippen LogP contribution in [-0.2, 0) is 10.0 Å². The molecule has 0 aliphatic heterocycles. The zero-order valence-corrected chi connectivity index (χ0v) is 12.0. The van der Waals surface area contributed by atoms with Crippen LogP contribution in [0.2, 0.25) is 0 Å². The van der Waals surface area contributed by atoms with Gasteiger partial charge in [0.05, 0.1) is 0 Å². The lowest BCUT2D eigenvalue weighted by molar-refractivity contribution is 0.214. The number of sulfonamides is 1. The van der Waals surface area contributed by atoms with E-state index >= 15 is 0 Å². The number of anilines is 1. The van der Waals surface area contributed by atoms with Gasteiger partial charge in [0.2, 0.25) is 10.0 Å². The summed E-state index contributed by atoms with van der Waals surface area (Å²) in [7, 11) is -3.89. The van der Waals surface area contributed by atoms with E-state index in [0.717, 1.165) is 0 Å². The predicted octanol–water partition coefficient (Wildman–Crippen LogP) is 1.37. The van der Waals surface area contributed by atoms with Crippen LogP contribution in [0, 0.1) is 0 Å². The molecule has 0 spiro atoms. The molecule has 0 radical (unpaired) electrons. The third kappa shape index (κ3) is 4.37. The van der Waals surface area contributed by atoms with Crippen LogP contribution < -0.4 is 20.3 Å². The van der Waals surface area contributed by atoms with Gasteiger partial charge in [-0.25, -0.2) is 13.6 Å². The van der Waals surface area contributed by atoms with E-state index in [1.807, 2.05) is 30.3 Å². The van der Waals surface area contributed by atoms with Gasteiger partial charge in [-0.2, -0.15) is 0 Å². The van der Waals surface area contributed by atoms with Crippen molar-refractivity contribution in [2.24, 2.45) is 5.14 Å². The monoisotopic (exact) mass is 308 g/mol. The Labute approximate surface area is 123 Å². The highest BCUT2D eigenvalue weighted by molar-refractivity contribution is 7.89. The summed E-state index contributed by atoms with van der Waals surface area (Å²) in [5.74, 6) is 0.869. The fourth-order valence-electron chi connectivity index (χ4n) is 1.69. The Morgan fingerprint density at radius 1 is 0.952 bits per heavy atom. The van der Waals surface area contributed by atoms with Crippen molar-refractivity contribution in [1.29, 1.82) is 0 Å². The molecule has 2 aromatic carbocycles. The molecule has 112 valence electrons. The van der Waals surface area contributed by atoms with Crippen LogP contribution in [0.1, 0.15) is 0 Å². The van der Waals surface area contributed by atoms with E-state index in [1.54, 1.807) is 6.07 Å². The average molecular weight is 308 g/mol. The van der Waals surface area contributed by atoms with Gasteiger partial charge in [-0.1, -0.05) is 18.2 Å². The largest absolute Gasteiger partial charge is 0.490 e. The van der Waals surface area contributed by atoms with Crippen molar-refractivity contribution in [1.82, 2.24) is 0 Å². The van der Waals surface area contributed by atoms with Gasteiger partial charge in [0, 0.05) is 5.69 Å². The van der Waals surface area contributed by atoms with Crippen LogP contribution in [0.15, 0.2) is 53.4 Å². The van der Waals surface area contributed by atoms with Crippen molar-refractivity contribution in [2.45, 2.75) is 4.90 Å². The summed E-state index contributed by atoms with van der Waals surface area (Å²) < 4.78 is 33.8. The Morgan fingerprint density at radius 2 is 1.62 bits per heavy atom. The zero-order chi connectivity index (χ0) is 15.3. The predicted molar refractivity (Wildman–Crippen MR) is 79.7 cm³/mol. The first kappa shape index (κ1) is 15.1. The molecule has 0 atom stereocenters. The minimum Gasteiger partial charge on any atom is -0.490 e. The van der Waals surface area contributed by atoms with Gasteiger partial charge in [0.1, 0.15) is 29.6 Å². The van der Waals surface area contributed by atoms with Crippen molar-refractivity contribution in [3.05, 3.63) is 48.5 Å². The Bertz CT molecular complexity index is 702. The molecule has 0 saturated heterocycles. The van der Waals surface area contributed by atoms with E-state index in [9.17, 15) is 8.42 Å². The first-order valence-electron chi connectivity index (χ1n) is 6.20. The standard InChI is InChI=1S/C14H16N2O4S/c15-11-6-7-13(14(10-11)21(16,17)18)20-9-8-19-12-4-2-1-3-5-12/h1-7,10H,8-9,15H2,(H2,16,17,18). The van der Waals surface area contributed by atoms with Gasteiger partial charge in [0.25, 0.3) is 0 Å². The maximum Gasteiger partial charge on any atom is 0.241 e. The second kappa shape index (κ2) is 6.47. The second-order valence-electron chi connectivity index (χ2n) is 4.26. The van der Waals surface area contributed by atoms with E-state index in [-0.39, 0.29) is 23.9 Å². The lowest BCUT2D eigenvalue weighted by Gasteiger charge is -2.11. The van der Waals surface area contributed by atoms with Gasteiger partial charge in [-0.05, 0) is 30.3 Å². The highest BCUT2D eigenvalue weighted by Gasteiger charge is 2.15. The van der Waals surface area contributed by atoms with Gasteiger partial charge in [-0.15, -0.1) is 0 Å². The molecule has 0 saturated carbocycles. The quantitative estimate of drug-likeness (QED) is 0.619. The molecule has 0 fully saturated rings. The van der Waals surface area contributed by atoms with Crippen LogP contribution in [0.4, 0.5) is 5.69 Å².